The van der Waals surface area contributed by atoms with Crippen LogP contribution in [0, 0.1) is 0 Å². The highest BCUT2D eigenvalue weighted by Gasteiger charge is 2.27. The van der Waals surface area contributed by atoms with Gasteiger partial charge in [0.05, 0.1) is 0 Å². The number of hydrogen-bond donors (Lipinski definition) is 1. The Kier molecular flexibility index (Phi) is 4.14. The van der Waals surface area contributed by atoms with Crippen LogP contribution in [0.2, 0.25) is 0 Å². The van der Waals surface area contributed by atoms with Crippen LogP contribution in [0.1, 0.15) is 33.1 Å². The molecule has 0 saturated heterocycles. The van der Waals surface area contributed by atoms with Gasteiger partial charge in [-0.15, -0.1) is 0 Å². The van der Waals surface area contributed by atoms with E-state index >= 15 is 0 Å². The van der Waals surface area contributed by atoms with Gasteiger partial charge < -0.3 is 5.11 Å². The molecule has 0 aromatic heterocycles. The molecule has 0 amide bonds. The van der Waals surface area contributed by atoms with Gasteiger partial charge in [0.1, 0.15) is 0 Å². The van der Waals surface area contributed by atoms with Crippen molar-refractivity contribution in [3.63, 3.8) is 0 Å². The van der Waals surface area contributed by atoms with Crippen molar-refractivity contribution in [2.24, 2.45) is 0 Å². The van der Waals surface area contributed by atoms with Gasteiger partial charge >= 0.3 is 5.97 Å². The third-order valence-electron chi connectivity index (χ3n) is 2.54. The Balaban J connectivity index is 2.39. The van der Waals surface area contributed by atoms with E-state index in [9.17, 15) is 4.79 Å². The van der Waals surface area contributed by atoms with Gasteiger partial charge in [0.15, 0.2) is 0 Å². The molecule has 1 aliphatic carbocycles. The Labute approximate surface area is 85.4 Å². The molecule has 0 unspecified atom stereocenters. The molecule has 3 nitrogen and oxygen atoms in total. The maximum Gasteiger partial charge on any atom is 0.330 e. The molecule has 0 aromatic carbocycles. The molecule has 80 valence electrons. The normalized spacial score (nSPS) is 17.5. The van der Waals surface area contributed by atoms with Crippen molar-refractivity contribution >= 4 is 5.97 Å². The Morgan fingerprint density at radius 3 is 2.64 bits per heavy atom. The topological polar surface area (TPSA) is 40.5 Å². The van der Waals surface area contributed by atoms with E-state index in [0.717, 1.165) is 19.5 Å². The quantitative estimate of drug-likeness (QED) is 0.661. The molecule has 1 fully saturated rings. The predicted octanol–water partition coefficient (Wildman–Crippen LogP) is 1.89. The first-order valence-corrected chi connectivity index (χ1v) is 5.29. The molecule has 14 heavy (non-hydrogen) atoms. The molecule has 0 radical (unpaired) electrons. The van der Waals surface area contributed by atoms with E-state index in [1.807, 2.05) is 6.08 Å². The zero-order valence-electron chi connectivity index (χ0n) is 8.99. The van der Waals surface area contributed by atoms with Crippen LogP contribution in [0.4, 0.5) is 0 Å². The van der Waals surface area contributed by atoms with Crippen molar-refractivity contribution in [2.75, 3.05) is 13.1 Å². The highest BCUT2D eigenvalue weighted by molar-refractivity contribution is 5.85. The molecule has 0 aliphatic heterocycles. The fourth-order valence-corrected chi connectivity index (χ4v) is 1.49. The van der Waals surface area contributed by atoms with Crippen molar-refractivity contribution < 1.29 is 9.90 Å². The Hall–Kier alpha value is -0.830. The average molecular weight is 197 g/mol. The fraction of sp³-hybridized carbons (Fsp3) is 0.727. The smallest absolute Gasteiger partial charge is 0.330 e. The van der Waals surface area contributed by atoms with Gasteiger partial charge in [0.2, 0.25) is 0 Å². The van der Waals surface area contributed by atoms with Crippen LogP contribution in [0.25, 0.3) is 0 Å². The molecule has 0 heterocycles. The van der Waals surface area contributed by atoms with Crippen LogP contribution >= 0.6 is 0 Å². The van der Waals surface area contributed by atoms with E-state index < -0.39 is 5.97 Å². The second-order valence-corrected chi connectivity index (χ2v) is 3.92. The summed E-state index contributed by atoms with van der Waals surface area (Å²) >= 11 is 0. The van der Waals surface area contributed by atoms with E-state index in [1.54, 1.807) is 6.92 Å². The van der Waals surface area contributed by atoms with Gasteiger partial charge in [0.25, 0.3) is 0 Å². The monoisotopic (exact) mass is 197 g/mol. The summed E-state index contributed by atoms with van der Waals surface area (Å²) in [5, 5.41) is 8.69. The van der Waals surface area contributed by atoms with E-state index in [2.05, 4.69) is 11.8 Å². The molecule has 0 spiro atoms. The largest absolute Gasteiger partial charge is 0.478 e. The van der Waals surface area contributed by atoms with Crippen molar-refractivity contribution in [3.8, 4) is 0 Å². The summed E-state index contributed by atoms with van der Waals surface area (Å²) in [6.45, 7) is 5.67. The number of carbonyl (C=O) groups is 1. The Bertz CT molecular complexity index is 231. The van der Waals surface area contributed by atoms with Gasteiger partial charge in [-0.3, -0.25) is 4.90 Å². The van der Waals surface area contributed by atoms with Crippen molar-refractivity contribution in [1.82, 2.24) is 4.90 Å². The summed E-state index contributed by atoms with van der Waals surface area (Å²) < 4.78 is 0. The molecular formula is C11H19NO2. The van der Waals surface area contributed by atoms with E-state index in [4.69, 9.17) is 5.11 Å². The Morgan fingerprint density at radius 2 is 2.21 bits per heavy atom. The SMILES string of the molecule is CCCN(CC=C(C)C(=O)O)C1CC1. The van der Waals surface area contributed by atoms with Crippen molar-refractivity contribution in [1.29, 1.82) is 0 Å². The molecular weight excluding hydrogens is 178 g/mol. The minimum absolute atomic E-state index is 0.451. The van der Waals surface area contributed by atoms with Crippen molar-refractivity contribution in [2.45, 2.75) is 39.2 Å². The summed E-state index contributed by atoms with van der Waals surface area (Å²) in [6, 6.07) is 0.716. The summed E-state index contributed by atoms with van der Waals surface area (Å²) in [7, 11) is 0. The van der Waals surface area contributed by atoms with Crippen LogP contribution in [0.15, 0.2) is 11.6 Å². The van der Waals surface area contributed by atoms with E-state index in [1.165, 1.54) is 12.8 Å². The van der Waals surface area contributed by atoms with Gasteiger partial charge in [-0.25, -0.2) is 4.79 Å². The van der Waals surface area contributed by atoms with E-state index in [0.29, 0.717) is 11.6 Å². The molecule has 1 aliphatic rings. The second-order valence-electron chi connectivity index (χ2n) is 3.92. The van der Waals surface area contributed by atoms with Gasteiger partial charge in [0, 0.05) is 18.2 Å². The van der Waals surface area contributed by atoms with E-state index in [-0.39, 0.29) is 0 Å². The molecule has 1 rings (SSSR count). The number of aliphatic carboxylic acids is 1. The molecule has 0 bridgehead atoms. The van der Waals surface area contributed by atoms with Crippen LogP contribution in [0.3, 0.4) is 0 Å². The lowest BCUT2D eigenvalue weighted by Gasteiger charge is -2.19. The molecule has 3 heteroatoms. The first-order chi connectivity index (χ1) is 6.65. The predicted molar refractivity (Wildman–Crippen MR) is 56.3 cm³/mol. The first kappa shape index (κ1) is 11.2. The van der Waals surface area contributed by atoms with Crippen LogP contribution < -0.4 is 0 Å². The molecule has 0 atom stereocenters. The lowest BCUT2D eigenvalue weighted by atomic mass is 10.2. The fourth-order valence-electron chi connectivity index (χ4n) is 1.49. The maximum absolute atomic E-state index is 10.6. The highest BCUT2D eigenvalue weighted by Crippen LogP contribution is 2.26. The number of hydrogen-bond acceptors (Lipinski definition) is 2. The third-order valence-corrected chi connectivity index (χ3v) is 2.54. The van der Waals surface area contributed by atoms with Crippen LogP contribution in [-0.4, -0.2) is 35.1 Å². The van der Waals surface area contributed by atoms with Gasteiger partial charge in [-0.2, -0.15) is 0 Å². The summed E-state index contributed by atoms with van der Waals surface area (Å²) in [5.41, 5.74) is 0.451. The summed E-state index contributed by atoms with van der Waals surface area (Å²) in [6.07, 6.45) is 5.51. The first-order valence-electron chi connectivity index (χ1n) is 5.29. The standard InChI is InChI=1S/C11H19NO2/c1-3-7-12(10-4-5-10)8-6-9(2)11(13)14/h6,10H,3-5,7-8H2,1-2H3,(H,13,14). The third kappa shape index (κ3) is 3.50. The summed E-state index contributed by atoms with van der Waals surface area (Å²) in [4.78, 5) is 12.9. The number of carboxylic acid groups (broad SMARTS) is 1. The molecule has 1 saturated carbocycles. The lowest BCUT2D eigenvalue weighted by Crippen LogP contribution is -2.27. The zero-order valence-corrected chi connectivity index (χ0v) is 8.99. The summed E-state index contributed by atoms with van der Waals surface area (Å²) in [5.74, 6) is -0.808. The minimum Gasteiger partial charge on any atom is -0.478 e. The minimum atomic E-state index is -0.808. The van der Waals surface area contributed by atoms with Gasteiger partial charge in [-0.1, -0.05) is 13.0 Å². The highest BCUT2D eigenvalue weighted by atomic mass is 16.4. The number of carboxylic acids is 1. The lowest BCUT2D eigenvalue weighted by molar-refractivity contribution is -0.132. The van der Waals surface area contributed by atoms with Crippen LogP contribution in [0.5, 0.6) is 0 Å². The number of nitrogens with zero attached hydrogens (tertiary/aromatic N) is 1. The Morgan fingerprint density at radius 1 is 1.57 bits per heavy atom. The average Bonchev–Trinajstić information content (AvgIpc) is 2.94. The molecule has 0 aromatic rings. The number of rotatable bonds is 6. The maximum atomic E-state index is 10.6. The van der Waals surface area contributed by atoms with Crippen molar-refractivity contribution in [3.05, 3.63) is 11.6 Å². The molecule has 1 N–H and O–H groups in total. The second kappa shape index (κ2) is 5.15. The van der Waals surface area contributed by atoms with Crippen LogP contribution in [-0.2, 0) is 4.79 Å². The van der Waals surface area contributed by atoms with Gasteiger partial charge in [-0.05, 0) is 32.7 Å². The zero-order chi connectivity index (χ0) is 10.6.